The number of hydrogen-bond acceptors (Lipinski definition) is 3. The lowest BCUT2D eigenvalue weighted by Crippen LogP contribution is -2.52. The summed E-state index contributed by atoms with van der Waals surface area (Å²) in [7, 11) is 0. The Morgan fingerprint density at radius 1 is 1.19 bits per heavy atom. The lowest BCUT2D eigenvalue weighted by Gasteiger charge is -2.35. The molecule has 0 aromatic rings. The van der Waals surface area contributed by atoms with Gasteiger partial charge in [-0.25, -0.2) is 0 Å². The van der Waals surface area contributed by atoms with E-state index in [9.17, 15) is 4.79 Å². The third-order valence-corrected chi connectivity index (χ3v) is 4.95. The molecule has 122 valence electrons. The molecule has 4 N–H and O–H groups in total. The number of nitrogens with two attached hydrogens (primary N) is 1. The first-order valence-electron chi connectivity index (χ1n) is 8.11. The largest absolute Gasteiger partial charge is 0.409 e. The number of rotatable bonds is 6. The Hall–Kier alpha value is -1.26. The zero-order valence-corrected chi connectivity index (χ0v) is 13.9. The maximum atomic E-state index is 12.7. The van der Waals surface area contributed by atoms with Gasteiger partial charge in [0.25, 0.3) is 0 Å². The minimum absolute atomic E-state index is 0.0605. The van der Waals surface area contributed by atoms with Crippen LogP contribution in [0.4, 0.5) is 0 Å². The number of nitrogens with one attached hydrogen (secondary N) is 1. The van der Waals surface area contributed by atoms with Crippen LogP contribution in [0.5, 0.6) is 0 Å². The molecule has 0 saturated heterocycles. The predicted molar refractivity (Wildman–Crippen MR) is 85.1 cm³/mol. The molecule has 0 unspecified atom stereocenters. The molecular formula is C16H31N3O2. The van der Waals surface area contributed by atoms with Crippen LogP contribution < -0.4 is 11.1 Å². The molecule has 1 aliphatic carbocycles. The first kappa shape index (κ1) is 17.8. The topological polar surface area (TPSA) is 87.7 Å². The smallest absolute Gasteiger partial charge is 0.233 e. The fraction of sp³-hybridized carbons (Fsp3) is 0.875. The minimum atomic E-state index is -0.814. The number of hydrogen-bond donors (Lipinski definition) is 3. The van der Waals surface area contributed by atoms with E-state index in [1.54, 1.807) is 0 Å². The van der Waals surface area contributed by atoms with Gasteiger partial charge in [-0.15, -0.1) is 0 Å². The van der Waals surface area contributed by atoms with Crippen LogP contribution in [0.3, 0.4) is 0 Å². The summed E-state index contributed by atoms with van der Waals surface area (Å²) in [6.45, 7) is 9.36. The molecule has 0 radical (unpaired) electrons. The summed E-state index contributed by atoms with van der Waals surface area (Å²) >= 11 is 0. The molecule has 21 heavy (non-hydrogen) atoms. The lowest BCUT2D eigenvalue weighted by atomic mass is 9.72. The van der Waals surface area contributed by atoms with Gasteiger partial charge in [-0.1, -0.05) is 52.1 Å². The number of nitrogens with zero attached hydrogens (tertiary/aromatic N) is 1. The van der Waals surface area contributed by atoms with E-state index in [4.69, 9.17) is 10.9 Å². The summed E-state index contributed by atoms with van der Waals surface area (Å²) in [5, 5.41) is 15.2. The highest BCUT2D eigenvalue weighted by Gasteiger charge is 2.43. The fourth-order valence-corrected chi connectivity index (χ4v) is 3.47. The highest BCUT2D eigenvalue weighted by atomic mass is 16.4. The molecule has 0 aromatic heterocycles. The van der Waals surface area contributed by atoms with Gasteiger partial charge < -0.3 is 16.3 Å². The Labute approximate surface area is 128 Å². The summed E-state index contributed by atoms with van der Waals surface area (Å²) in [5.41, 5.74) is 5.03. The van der Waals surface area contributed by atoms with Crippen molar-refractivity contribution in [1.29, 1.82) is 0 Å². The SMILES string of the molecule is CC(C)C(CNC(=O)C1(C(N)=NO)CCCCC1)C(C)C. The highest BCUT2D eigenvalue weighted by Crippen LogP contribution is 2.37. The van der Waals surface area contributed by atoms with Gasteiger partial charge in [0, 0.05) is 6.54 Å². The van der Waals surface area contributed by atoms with E-state index in [0.29, 0.717) is 37.1 Å². The van der Waals surface area contributed by atoms with Crippen molar-refractivity contribution in [3.63, 3.8) is 0 Å². The highest BCUT2D eigenvalue weighted by molar-refractivity contribution is 6.06. The number of carbonyl (C=O) groups is 1. The zero-order chi connectivity index (χ0) is 16.0. The lowest BCUT2D eigenvalue weighted by molar-refractivity contribution is -0.129. The van der Waals surface area contributed by atoms with Crippen molar-refractivity contribution in [3.05, 3.63) is 0 Å². The van der Waals surface area contributed by atoms with Gasteiger partial charge in [-0.3, -0.25) is 4.79 Å². The second kappa shape index (κ2) is 7.66. The molecule has 0 atom stereocenters. The average Bonchev–Trinajstić information content (AvgIpc) is 2.46. The Morgan fingerprint density at radius 2 is 1.71 bits per heavy atom. The zero-order valence-electron chi connectivity index (χ0n) is 13.9. The van der Waals surface area contributed by atoms with Gasteiger partial charge in [0.2, 0.25) is 5.91 Å². The Balaban J connectivity index is 2.78. The normalized spacial score (nSPS) is 19.3. The van der Waals surface area contributed by atoms with Crippen molar-refractivity contribution in [2.45, 2.75) is 59.8 Å². The maximum Gasteiger partial charge on any atom is 0.233 e. The second-order valence-electron chi connectivity index (χ2n) is 6.99. The standard InChI is InChI=1S/C16H31N3O2/c1-11(2)13(12(3)4)10-18-15(20)16(14(17)19-21)8-6-5-7-9-16/h11-13,21H,5-10H2,1-4H3,(H2,17,19)(H,18,20). The number of oxime groups is 1. The van der Waals surface area contributed by atoms with Gasteiger partial charge >= 0.3 is 0 Å². The number of amidine groups is 1. The van der Waals surface area contributed by atoms with Crippen LogP contribution >= 0.6 is 0 Å². The third kappa shape index (κ3) is 4.11. The van der Waals surface area contributed by atoms with Crippen molar-refractivity contribution in [3.8, 4) is 0 Å². The summed E-state index contributed by atoms with van der Waals surface area (Å²) in [4.78, 5) is 12.7. The van der Waals surface area contributed by atoms with E-state index in [-0.39, 0.29) is 11.7 Å². The van der Waals surface area contributed by atoms with Crippen LogP contribution in [0.15, 0.2) is 5.16 Å². The summed E-state index contributed by atoms with van der Waals surface area (Å²) < 4.78 is 0. The summed E-state index contributed by atoms with van der Waals surface area (Å²) in [5.74, 6) is 1.43. The Bertz CT molecular complexity index is 364. The van der Waals surface area contributed by atoms with E-state index in [1.807, 2.05) is 0 Å². The Kier molecular flexibility index (Phi) is 6.49. The monoisotopic (exact) mass is 297 g/mol. The quantitative estimate of drug-likeness (QED) is 0.305. The molecule has 1 amide bonds. The van der Waals surface area contributed by atoms with E-state index in [1.165, 1.54) is 0 Å². The van der Waals surface area contributed by atoms with Crippen molar-refractivity contribution >= 4 is 11.7 Å². The first-order chi connectivity index (χ1) is 9.85. The van der Waals surface area contributed by atoms with Crippen LogP contribution in [0.1, 0.15) is 59.8 Å². The molecule has 1 fully saturated rings. The minimum Gasteiger partial charge on any atom is -0.409 e. The van der Waals surface area contributed by atoms with Crippen molar-refractivity contribution in [1.82, 2.24) is 5.32 Å². The molecule has 0 aliphatic heterocycles. The predicted octanol–water partition coefficient (Wildman–Crippen LogP) is 2.73. The first-order valence-corrected chi connectivity index (χ1v) is 8.11. The van der Waals surface area contributed by atoms with E-state index in [2.05, 4.69) is 38.2 Å². The van der Waals surface area contributed by atoms with Crippen LogP contribution in [-0.2, 0) is 4.79 Å². The molecule has 1 aliphatic rings. The van der Waals surface area contributed by atoms with E-state index >= 15 is 0 Å². The van der Waals surface area contributed by atoms with Gasteiger partial charge in [-0.05, 0) is 30.6 Å². The number of carbonyl (C=O) groups excluding carboxylic acids is 1. The molecule has 1 rings (SSSR count). The second-order valence-corrected chi connectivity index (χ2v) is 6.99. The molecule has 0 bridgehead atoms. The molecule has 5 nitrogen and oxygen atoms in total. The van der Waals surface area contributed by atoms with E-state index in [0.717, 1.165) is 19.3 Å². The van der Waals surface area contributed by atoms with Crippen molar-refractivity contribution < 1.29 is 10.0 Å². The molecule has 0 spiro atoms. The molecule has 5 heteroatoms. The van der Waals surface area contributed by atoms with Crippen LogP contribution in [0.25, 0.3) is 0 Å². The molecule has 0 aromatic carbocycles. The van der Waals surface area contributed by atoms with Gasteiger partial charge in [0.15, 0.2) is 5.84 Å². The van der Waals surface area contributed by atoms with Gasteiger partial charge in [-0.2, -0.15) is 0 Å². The van der Waals surface area contributed by atoms with Crippen molar-refractivity contribution in [2.75, 3.05) is 6.54 Å². The Morgan fingerprint density at radius 3 is 2.14 bits per heavy atom. The summed E-state index contributed by atoms with van der Waals surface area (Å²) in [6.07, 6.45) is 4.34. The molecular weight excluding hydrogens is 266 g/mol. The fourth-order valence-electron chi connectivity index (χ4n) is 3.47. The van der Waals surface area contributed by atoms with Crippen LogP contribution in [0, 0.1) is 23.2 Å². The molecule has 0 heterocycles. The average molecular weight is 297 g/mol. The molecule has 1 saturated carbocycles. The number of amides is 1. The van der Waals surface area contributed by atoms with Crippen LogP contribution in [-0.4, -0.2) is 23.5 Å². The van der Waals surface area contributed by atoms with Gasteiger partial charge in [0.1, 0.15) is 5.41 Å². The van der Waals surface area contributed by atoms with Crippen LogP contribution in [0.2, 0.25) is 0 Å². The third-order valence-electron chi connectivity index (χ3n) is 4.95. The maximum absolute atomic E-state index is 12.7. The summed E-state index contributed by atoms with van der Waals surface area (Å²) in [6, 6.07) is 0. The van der Waals surface area contributed by atoms with Crippen molar-refractivity contribution in [2.24, 2.45) is 34.1 Å². The van der Waals surface area contributed by atoms with E-state index < -0.39 is 5.41 Å². The van der Waals surface area contributed by atoms with Gasteiger partial charge in [0.05, 0.1) is 0 Å².